The van der Waals surface area contributed by atoms with Crippen LogP contribution in [0.3, 0.4) is 0 Å². The summed E-state index contributed by atoms with van der Waals surface area (Å²) in [4.78, 5) is 11.8. The second-order valence-electron chi connectivity index (χ2n) is 4.80. The van der Waals surface area contributed by atoms with Crippen LogP contribution in [0.25, 0.3) is 0 Å². The van der Waals surface area contributed by atoms with Crippen LogP contribution in [0.2, 0.25) is 0 Å². The van der Waals surface area contributed by atoms with E-state index in [9.17, 15) is 4.79 Å². The molecule has 3 N–H and O–H groups in total. The van der Waals surface area contributed by atoms with Gasteiger partial charge in [-0.05, 0) is 55.4 Å². The molecule has 0 unspecified atom stereocenters. The molecule has 19 heavy (non-hydrogen) atoms. The zero-order valence-electron chi connectivity index (χ0n) is 12.0. The Morgan fingerprint density at radius 2 is 2.00 bits per heavy atom. The molecule has 0 radical (unpaired) electrons. The molecule has 1 amide bonds. The maximum atomic E-state index is 11.8. The second kappa shape index (κ2) is 8.23. The minimum atomic E-state index is -0.384. The van der Waals surface area contributed by atoms with Gasteiger partial charge in [-0.15, -0.1) is 0 Å². The lowest BCUT2D eigenvalue weighted by molar-refractivity contribution is -0.122. The second-order valence-corrected chi connectivity index (χ2v) is 5.78. The van der Waals surface area contributed by atoms with E-state index in [1.54, 1.807) is 11.8 Å². The number of rotatable bonds is 7. The van der Waals surface area contributed by atoms with Gasteiger partial charge >= 0.3 is 0 Å². The minimum Gasteiger partial charge on any atom is -0.354 e. The number of hydrogen-bond acceptors (Lipinski definition) is 3. The zero-order valence-corrected chi connectivity index (χ0v) is 12.8. The van der Waals surface area contributed by atoms with E-state index in [2.05, 4.69) is 37.4 Å². The van der Waals surface area contributed by atoms with Crippen LogP contribution in [-0.2, 0) is 11.2 Å². The summed E-state index contributed by atoms with van der Waals surface area (Å²) in [6.45, 7) is 4.86. The molecule has 0 heterocycles. The highest BCUT2D eigenvalue weighted by molar-refractivity contribution is 7.98. The molecule has 1 rings (SSSR count). The lowest BCUT2D eigenvalue weighted by Crippen LogP contribution is -2.41. The molecule has 1 aromatic carbocycles. The normalized spacial score (nSPS) is 12.2. The smallest absolute Gasteiger partial charge is 0.236 e. The fourth-order valence-corrected chi connectivity index (χ4v) is 2.55. The van der Waals surface area contributed by atoms with Crippen LogP contribution in [0, 0.1) is 13.8 Å². The SMILES string of the molecule is CSCC[C@H](N)C(=O)NCCc1c(C)cccc1C. The standard InChI is InChI=1S/C15H24N2OS/c1-11-5-4-6-12(2)13(11)7-9-17-15(18)14(16)8-10-19-3/h4-6,14H,7-10,16H2,1-3H3,(H,17,18)/t14-/m0/s1. The van der Waals surface area contributed by atoms with Crippen LogP contribution in [0.1, 0.15) is 23.1 Å². The zero-order chi connectivity index (χ0) is 14.3. The third-order valence-electron chi connectivity index (χ3n) is 3.29. The van der Waals surface area contributed by atoms with E-state index in [0.29, 0.717) is 6.54 Å². The van der Waals surface area contributed by atoms with Crippen molar-refractivity contribution in [2.45, 2.75) is 32.7 Å². The number of nitrogens with one attached hydrogen (secondary N) is 1. The van der Waals surface area contributed by atoms with Crippen molar-refractivity contribution in [3.8, 4) is 0 Å². The monoisotopic (exact) mass is 280 g/mol. The first kappa shape index (κ1) is 16.1. The van der Waals surface area contributed by atoms with Gasteiger partial charge in [-0.3, -0.25) is 4.79 Å². The lowest BCUT2D eigenvalue weighted by atomic mass is 10.0. The first-order chi connectivity index (χ1) is 9.06. The van der Waals surface area contributed by atoms with Gasteiger partial charge in [0.1, 0.15) is 0 Å². The average molecular weight is 280 g/mol. The summed E-state index contributed by atoms with van der Waals surface area (Å²) in [7, 11) is 0. The number of amides is 1. The molecule has 0 bridgehead atoms. The quantitative estimate of drug-likeness (QED) is 0.803. The third kappa shape index (κ3) is 5.25. The molecular weight excluding hydrogens is 256 g/mol. The maximum Gasteiger partial charge on any atom is 0.236 e. The number of benzene rings is 1. The van der Waals surface area contributed by atoms with Crippen LogP contribution in [0.5, 0.6) is 0 Å². The van der Waals surface area contributed by atoms with Crippen molar-refractivity contribution in [2.75, 3.05) is 18.6 Å². The highest BCUT2D eigenvalue weighted by Gasteiger charge is 2.12. The first-order valence-corrected chi connectivity index (χ1v) is 8.03. The number of aryl methyl sites for hydroxylation is 2. The Morgan fingerprint density at radius 1 is 1.37 bits per heavy atom. The highest BCUT2D eigenvalue weighted by Crippen LogP contribution is 2.13. The van der Waals surface area contributed by atoms with Gasteiger partial charge in [-0.25, -0.2) is 0 Å². The van der Waals surface area contributed by atoms with Gasteiger partial charge in [0.2, 0.25) is 5.91 Å². The van der Waals surface area contributed by atoms with Gasteiger partial charge in [0.15, 0.2) is 0 Å². The van der Waals surface area contributed by atoms with E-state index in [-0.39, 0.29) is 11.9 Å². The molecule has 106 valence electrons. The highest BCUT2D eigenvalue weighted by atomic mass is 32.2. The average Bonchev–Trinajstić information content (AvgIpc) is 2.39. The summed E-state index contributed by atoms with van der Waals surface area (Å²) < 4.78 is 0. The molecule has 0 aromatic heterocycles. The number of hydrogen-bond donors (Lipinski definition) is 2. The Kier molecular flexibility index (Phi) is 6.95. The van der Waals surface area contributed by atoms with E-state index in [4.69, 9.17) is 5.73 Å². The van der Waals surface area contributed by atoms with Crippen molar-refractivity contribution >= 4 is 17.7 Å². The van der Waals surface area contributed by atoms with Gasteiger partial charge in [-0.2, -0.15) is 11.8 Å². The van der Waals surface area contributed by atoms with Crippen molar-refractivity contribution in [1.82, 2.24) is 5.32 Å². The van der Waals surface area contributed by atoms with E-state index in [0.717, 1.165) is 18.6 Å². The molecule has 0 fully saturated rings. The number of nitrogens with two attached hydrogens (primary N) is 1. The molecule has 0 aliphatic heterocycles. The Hall–Kier alpha value is -1.00. The van der Waals surface area contributed by atoms with Crippen molar-refractivity contribution in [3.05, 3.63) is 34.9 Å². The molecular formula is C15H24N2OS. The fourth-order valence-electron chi connectivity index (χ4n) is 2.06. The molecule has 0 spiro atoms. The number of thioether (sulfide) groups is 1. The summed E-state index contributed by atoms with van der Waals surface area (Å²) in [5, 5.41) is 2.92. The predicted octanol–water partition coefficient (Wildman–Crippen LogP) is 2.04. The van der Waals surface area contributed by atoms with E-state index in [1.807, 2.05) is 6.26 Å². The van der Waals surface area contributed by atoms with E-state index in [1.165, 1.54) is 16.7 Å². The molecule has 1 aromatic rings. The Bertz CT molecular complexity index is 400. The number of carbonyl (C=O) groups is 1. The molecule has 0 saturated carbocycles. The molecule has 1 atom stereocenters. The topological polar surface area (TPSA) is 55.1 Å². The molecule has 0 saturated heterocycles. The number of carbonyl (C=O) groups excluding carboxylic acids is 1. The summed E-state index contributed by atoms with van der Waals surface area (Å²) in [5.74, 6) is 0.881. The molecule has 0 aliphatic rings. The summed E-state index contributed by atoms with van der Waals surface area (Å²) >= 11 is 1.71. The van der Waals surface area contributed by atoms with Gasteiger partial charge in [0.25, 0.3) is 0 Å². The van der Waals surface area contributed by atoms with Gasteiger partial charge < -0.3 is 11.1 Å². The van der Waals surface area contributed by atoms with E-state index >= 15 is 0 Å². The summed E-state index contributed by atoms with van der Waals surface area (Å²) in [5.41, 5.74) is 9.69. The predicted molar refractivity (Wildman–Crippen MR) is 83.6 cm³/mol. The largest absolute Gasteiger partial charge is 0.354 e. The van der Waals surface area contributed by atoms with Gasteiger partial charge in [0, 0.05) is 6.54 Å². The third-order valence-corrected chi connectivity index (χ3v) is 3.93. The van der Waals surface area contributed by atoms with Gasteiger partial charge in [0.05, 0.1) is 6.04 Å². The molecule has 3 nitrogen and oxygen atoms in total. The maximum absolute atomic E-state index is 11.8. The van der Waals surface area contributed by atoms with Gasteiger partial charge in [-0.1, -0.05) is 18.2 Å². The van der Waals surface area contributed by atoms with Crippen molar-refractivity contribution < 1.29 is 4.79 Å². The van der Waals surface area contributed by atoms with Crippen LogP contribution in [-0.4, -0.2) is 30.5 Å². The minimum absolute atomic E-state index is 0.0414. The summed E-state index contributed by atoms with van der Waals surface area (Å²) in [6, 6.07) is 5.89. The van der Waals surface area contributed by atoms with Crippen LogP contribution in [0.15, 0.2) is 18.2 Å². The first-order valence-electron chi connectivity index (χ1n) is 6.63. The lowest BCUT2D eigenvalue weighted by Gasteiger charge is -2.13. The fraction of sp³-hybridized carbons (Fsp3) is 0.533. The van der Waals surface area contributed by atoms with Crippen molar-refractivity contribution in [2.24, 2.45) is 5.73 Å². The Labute approximate surface area is 120 Å². The molecule has 0 aliphatic carbocycles. The van der Waals surface area contributed by atoms with Crippen LogP contribution >= 0.6 is 11.8 Å². The Balaban J connectivity index is 2.40. The Morgan fingerprint density at radius 3 is 2.58 bits per heavy atom. The summed E-state index contributed by atoms with van der Waals surface area (Å²) in [6.07, 6.45) is 3.61. The van der Waals surface area contributed by atoms with Crippen LogP contribution < -0.4 is 11.1 Å². The van der Waals surface area contributed by atoms with E-state index < -0.39 is 0 Å². The van der Waals surface area contributed by atoms with Crippen molar-refractivity contribution in [3.63, 3.8) is 0 Å². The van der Waals surface area contributed by atoms with Crippen LogP contribution in [0.4, 0.5) is 0 Å². The van der Waals surface area contributed by atoms with Crippen molar-refractivity contribution in [1.29, 1.82) is 0 Å². The molecule has 4 heteroatoms.